The summed E-state index contributed by atoms with van der Waals surface area (Å²) in [5, 5.41) is 12.3. The fraction of sp³-hybridized carbons (Fsp3) is 0.462. The van der Waals surface area contributed by atoms with E-state index in [1.54, 1.807) is 0 Å². The topological polar surface area (TPSA) is 67.8 Å². The van der Waals surface area contributed by atoms with Gasteiger partial charge in [0.05, 0.1) is 13.2 Å². The van der Waals surface area contributed by atoms with Crippen LogP contribution in [-0.2, 0) is 11.3 Å². The lowest BCUT2D eigenvalue weighted by Gasteiger charge is -2.14. The Hall–Kier alpha value is -1.26. The van der Waals surface area contributed by atoms with Gasteiger partial charge in [-0.3, -0.25) is 0 Å². The number of nitrogens with two attached hydrogens (primary N) is 1. The standard InChI is InChI=1S/C13H17ClN2O2/c14-11-3-1-2-10(6-11)8-18-9-13(4-5-13)7-12(15)16-17/h1-3,6,17H,4-5,7-9H2,(H2,15,16). The minimum Gasteiger partial charge on any atom is -0.409 e. The minimum absolute atomic E-state index is 0.0783. The van der Waals surface area contributed by atoms with Crippen molar-refractivity contribution in [1.29, 1.82) is 0 Å². The zero-order valence-corrected chi connectivity index (χ0v) is 10.9. The van der Waals surface area contributed by atoms with E-state index in [0.29, 0.717) is 24.7 Å². The van der Waals surface area contributed by atoms with Gasteiger partial charge in [0.25, 0.3) is 0 Å². The number of benzene rings is 1. The van der Waals surface area contributed by atoms with Crippen LogP contribution < -0.4 is 5.73 Å². The van der Waals surface area contributed by atoms with Crippen LogP contribution in [0.1, 0.15) is 24.8 Å². The highest BCUT2D eigenvalue weighted by molar-refractivity contribution is 6.30. The Morgan fingerprint density at radius 1 is 1.50 bits per heavy atom. The SMILES string of the molecule is NC(CC1(COCc2cccc(Cl)c2)CC1)=NO. The van der Waals surface area contributed by atoms with Gasteiger partial charge in [0, 0.05) is 16.9 Å². The molecule has 0 bridgehead atoms. The van der Waals surface area contributed by atoms with Crippen molar-refractivity contribution in [2.75, 3.05) is 6.61 Å². The van der Waals surface area contributed by atoms with Crippen LogP contribution in [0, 0.1) is 5.41 Å². The fourth-order valence-electron chi connectivity index (χ4n) is 1.98. The molecule has 0 unspecified atom stereocenters. The Bertz CT molecular complexity index is 444. The van der Waals surface area contributed by atoms with Crippen molar-refractivity contribution in [3.05, 3.63) is 34.9 Å². The Morgan fingerprint density at radius 3 is 2.89 bits per heavy atom. The van der Waals surface area contributed by atoms with E-state index in [4.69, 9.17) is 27.3 Å². The van der Waals surface area contributed by atoms with E-state index in [0.717, 1.165) is 18.4 Å². The number of oxime groups is 1. The molecule has 0 aliphatic heterocycles. The van der Waals surface area contributed by atoms with Gasteiger partial charge in [-0.1, -0.05) is 28.9 Å². The van der Waals surface area contributed by atoms with Gasteiger partial charge in [0.15, 0.2) is 0 Å². The van der Waals surface area contributed by atoms with Crippen molar-refractivity contribution in [2.24, 2.45) is 16.3 Å². The molecule has 3 N–H and O–H groups in total. The molecule has 4 nitrogen and oxygen atoms in total. The number of hydrogen-bond acceptors (Lipinski definition) is 3. The molecule has 0 spiro atoms. The summed E-state index contributed by atoms with van der Waals surface area (Å²) >= 11 is 5.90. The van der Waals surface area contributed by atoms with Crippen LogP contribution in [0.25, 0.3) is 0 Å². The van der Waals surface area contributed by atoms with Gasteiger partial charge >= 0.3 is 0 Å². The van der Waals surface area contributed by atoms with Crippen molar-refractivity contribution in [1.82, 2.24) is 0 Å². The molecule has 0 saturated heterocycles. The van der Waals surface area contributed by atoms with Gasteiger partial charge in [-0.05, 0) is 30.5 Å². The lowest BCUT2D eigenvalue weighted by molar-refractivity contribution is 0.0800. The molecule has 1 aromatic carbocycles. The second-order valence-corrected chi connectivity index (χ2v) is 5.33. The molecule has 5 heteroatoms. The average molecular weight is 269 g/mol. The predicted octanol–water partition coefficient (Wildman–Crippen LogP) is 2.77. The first-order chi connectivity index (χ1) is 8.63. The summed E-state index contributed by atoms with van der Waals surface area (Å²) in [6.45, 7) is 1.17. The highest BCUT2D eigenvalue weighted by Crippen LogP contribution is 2.49. The third-order valence-corrected chi connectivity index (χ3v) is 3.44. The number of amidine groups is 1. The molecule has 0 atom stereocenters. The first-order valence-electron chi connectivity index (χ1n) is 5.92. The maximum absolute atomic E-state index is 8.57. The van der Waals surface area contributed by atoms with Gasteiger partial charge in [-0.15, -0.1) is 0 Å². The van der Waals surface area contributed by atoms with Crippen molar-refractivity contribution in [3.63, 3.8) is 0 Å². The molecule has 2 rings (SSSR count). The molecule has 0 heterocycles. The van der Waals surface area contributed by atoms with Gasteiger partial charge in [0.1, 0.15) is 5.84 Å². The quantitative estimate of drug-likeness (QED) is 0.361. The second kappa shape index (κ2) is 5.59. The molecule has 1 saturated carbocycles. The number of halogens is 1. The first-order valence-corrected chi connectivity index (χ1v) is 6.30. The molecule has 18 heavy (non-hydrogen) atoms. The molecule has 1 aliphatic carbocycles. The van der Waals surface area contributed by atoms with E-state index >= 15 is 0 Å². The third-order valence-electron chi connectivity index (χ3n) is 3.21. The lowest BCUT2D eigenvalue weighted by atomic mass is 10.0. The minimum atomic E-state index is 0.0783. The summed E-state index contributed by atoms with van der Waals surface area (Å²) in [7, 11) is 0. The molecule has 0 amide bonds. The highest BCUT2D eigenvalue weighted by atomic mass is 35.5. The van der Waals surface area contributed by atoms with Crippen LogP contribution in [0.3, 0.4) is 0 Å². The largest absolute Gasteiger partial charge is 0.409 e. The number of ether oxygens (including phenoxy) is 1. The van der Waals surface area contributed by atoms with E-state index in [1.807, 2.05) is 24.3 Å². The summed E-state index contributed by atoms with van der Waals surface area (Å²) in [6, 6.07) is 7.62. The van der Waals surface area contributed by atoms with Crippen molar-refractivity contribution < 1.29 is 9.94 Å². The van der Waals surface area contributed by atoms with Gasteiger partial charge in [0.2, 0.25) is 0 Å². The average Bonchev–Trinajstić information content (AvgIpc) is 3.09. The summed E-state index contributed by atoms with van der Waals surface area (Å²) < 4.78 is 5.70. The van der Waals surface area contributed by atoms with Crippen molar-refractivity contribution in [3.8, 4) is 0 Å². The van der Waals surface area contributed by atoms with Crippen molar-refractivity contribution >= 4 is 17.4 Å². The van der Waals surface area contributed by atoms with Crippen molar-refractivity contribution in [2.45, 2.75) is 25.9 Å². The van der Waals surface area contributed by atoms with Gasteiger partial charge < -0.3 is 15.7 Å². The third kappa shape index (κ3) is 3.62. The Labute approximate surface area is 111 Å². The zero-order valence-electron chi connectivity index (χ0n) is 10.1. The monoisotopic (exact) mass is 268 g/mol. The number of rotatable bonds is 6. The van der Waals surface area contributed by atoms with E-state index in [9.17, 15) is 0 Å². The summed E-state index contributed by atoms with van der Waals surface area (Å²) in [4.78, 5) is 0. The molecule has 1 aliphatic rings. The number of nitrogens with zero attached hydrogens (tertiary/aromatic N) is 1. The lowest BCUT2D eigenvalue weighted by Crippen LogP contribution is -2.21. The van der Waals surface area contributed by atoms with E-state index in [2.05, 4.69) is 5.16 Å². The zero-order chi connectivity index (χ0) is 13.0. The number of hydrogen-bond donors (Lipinski definition) is 2. The fourth-order valence-corrected chi connectivity index (χ4v) is 2.19. The molecule has 1 aromatic rings. The van der Waals surface area contributed by atoms with Gasteiger partial charge in [-0.2, -0.15) is 0 Å². The van der Waals surface area contributed by atoms with Crippen LogP contribution in [0.2, 0.25) is 5.02 Å². The predicted molar refractivity (Wildman–Crippen MR) is 70.8 cm³/mol. The maximum atomic E-state index is 8.57. The van der Waals surface area contributed by atoms with Crippen LogP contribution >= 0.6 is 11.6 Å². The second-order valence-electron chi connectivity index (χ2n) is 4.89. The molecule has 98 valence electrons. The highest BCUT2D eigenvalue weighted by Gasteiger charge is 2.43. The smallest absolute Gasteiger partial charge is 0.139 e. The normalized spacial score (nSPS) is 17.7. The molecule has 0 radical (unpaired) electrons. The first kappa shape index (κ1) is 13.2. The Morgan fingerprint density at radius 2 is 2.28 bits per heavy atom. The Balaban J connectivity index is 1.79. The summed E-state index contributed by atoms with van der Waals surface area (Å²) in [6.07, 6.45) is 2.73. The van der Waals surface area contributed by atoms with Crippen LogP contribution in [0.5, 0.6) is 0 Å². The van der Waals surface area contributed by atoms with E-state index in [-0.39, 0.29) is 11.3 Å². The van der Waals surface area contributed by atoms with Gasteiger partial charge in [-0.25, -0.2) is 0 Å². The maximum Gasteiger partial charge on any atom is 0.139 e. The Kier molecular flexibility index (Phi) is 4.09. The molecule has 1 fully saturated rings. The summed E-state index contributed by atoms with van der Waals surface area (Å²) in [5.41, 5.74) is 6.66. The summed E-state index contributed by atoms with van der Waals surface area (Å²) in [5.74, 6) is 0.277. The molecular formula is C13H17ClN2O2. The van der Waals surface area contributed by atoms with E-state index in [1.165, 1.54) is 0 Å². The van der Waals surface area contributed by atoms with E-state index < -0.39 is 0 Å². The molecular weight excluding hydrogens is 252 g/mol. The molecule has 0 aromatic heterocycles. The van der Waals surface area contributed by atoms with Crippen LogP contribution in [0.15, 0.2) is 29.4 Å². The van der Waals surface area contributed by atoms with Crippen LogP contribution in [0.4, 0.5) is 0 Å². The van der Waals surface area contributed by atoms with Crippen LogP contribution in [-0.4, -0.2) is 17.6 Å².